The normalized spacial score (nSPS) is 12.7. The summed E-state index contributed by atoms with van der Waals surface area (Å²) >= 11 is 0. The minimum Gasteiger partial charge on any atom is -0.467 e. The van der Waals surface area contributed by atoms with Gasteiger partial charge in [-0.25, -0.2) is 14.4 Å². The van der Waals surface area contributed by atoms with E-state index in [0.29, 0.717) is 25.8 Å². The Morgan fingerprint density at radius 2 is 1.50 bits per heavy atom. The number of unbranched alkanes of at least 4 members (excludes halogenated alkanes) is 1. The predicted molar refractivity (Wildman–Crippen MR) is 141 cm³/mol. The number of ether oxygens (including phenoxy) is 3. The fourth-order valence-corrected chi connectivity index (χ4v) is 5.48. The Morgan fingerprint density at radius 3 is 2.11 bits per heavy atom. The number of carbonyl (C=O) groups excluding carboxylic acids is 3. The summed E-state index contributed by atoms with van der Waals surface area (Å²) in [6.07, 6.45) is 0.405. The van der Waals surface area contributed by atoms with Crippen LogP contribution in [0.3, 0.4) is 0 Å². The number of amides is 2. The molecule has 1 unspecified atom stereocenters. The van der Waals surface area contributed by atoms with Crippen molar-refractivity contribution in [1.82, 2.24) is 10.6 Å². The first kappa shape index (κ1) is 28.9. The van der Waals surface area contributed by atoms with E-state index in [2.05, 4.69) is 30.3 Å². The molecule has 0 fully saturated rings. The Morgan fingerprint density at radius 1 is 0.861 bits per heavy atom. The van der Waals surface area contributed by atoms with Crippen LogP contribution in [0.5, 0.6) is 0 Å². The van der Waals surface area contributed by atoms with Gasteiger partial charge in [-0.2, -0.15) is 0 Å². The van der Waals surface area contributed by atoms with E-state index >= 15 is 0 Å². The second kappa shape index (κ2) is 14.9. The summed E-state index contributed by atoms with van der Waals surface area (Å²) in [6, 6.07) is 18.6. The lowest BCUT2D eigenvalue weighted by Gasteiger charge is -2.29. The molecule has 9 heteroatoms. The van der Waals surface area contributed by atoms with E-state index in [1.165, 1.54) is 7.11 Å². The number of carbonyl (C=O) groups is 3. The highest BCUT2D eigenvalue weighted by Gasteiger charge is 2.30. The topological polar surface area (TPSA) is 103 Å². The Labute approximate surface area is 214 Å². The molecule has 36 heavy (non-hydrogen) atoms. The highest BCUT2D eigenvalue weighted by Crippen LogP contribution is 2.27. The molecule has 2 aromatic rings. The molecule has 2 rings (SSSR count). The monoisotopic (exact) mass is 514 g/mol. The van der Waals surface area contributed by atoms with Crippen molar-refractivity contribution in [2.24, 2.45) is 0 Å². The van der Waals surface area contributed by atoms with Gasteiger partial charge in [-0.15, -0.1) is 0 Å². The van der Waals surface area contributed by atoms with Gasteiger partial charge in [0.15, 0.2) is 0 Å². The molecule has 0 aliphatic rings. The third kappa shape index (κ3) is 10.5. The van der Waals surface area contributed by atoms with E-state index in [1.807, 2.05) is 60.7 Å². The molecule has 196 valence electrons. The van der Waals surface area contributed by atoms with Gasteiger partial charge in [-0.1, -0.05) is 80.3 Å². The van der Waals surface area contributed by atoms with Gasteiger partial charge in [-0.05, 0) is 30.4 Å². The summed E-state index contributed by atoms with van der Waals surface area (Å²) in [5.74, 6) is -0.535. The SMILES string of the molecule is COC(=O)[C@H](CCCCNC(=O)OCc1ccccc1)NC(=O)OCC(c1ccccc1)[Si](C)(C)C. The number of nitrogens with one attached hydrogen (secondary N) is 2. The van der Waals surface area contributed by atoms with Gasteiger partial charge in [0.25, 0.3) is 0 Å². The Bertz CT molecular complexity index is 950. The minimum atomic E-state index is -1.67. The fraction of sp³-hybridized carbons (Fsp3) is 0.444. The maximum absolute atomic E-state index is 12.5. The molecule has 2 N–H and O–H groups in total. The van der Waals surface area contributed by atoms with Crippen molar-refractivity contribution in [3.05, 3.63) is 71.8 Å². The van der Waals surface area contributed by atoms with Gasteiger partial charge >= 0.3 is 18.2 Å². The van der Waals surface area contributed by atoms with E-state index in [4.69, 9.17) is 14.2 Å². The van der Waals surface area contributed by atoms with Crippen LogP contribution in [-0.2, 0) is 25.6 Å². The lowest BCUT2D eigenvalue weighted by molar-refractivity contribution is -0.143. The standard InChI is InChI=1S/C27H38N2O6Si/c1-33-25(30)23(17-11-12-18-28-26(31)34-19-21-13-7-5-8-14-21)29-27(32)35-20-24(36(2,3)4)22-15-9-6-10-16-22/h5-10,13-16,23-24H,11-12,17-20H2,1-4H3,(H,28,31)(H,29,32)/t23-,24?/m0/s1. The van der Waals surface area contributed by atoms with Crippen molar-refractivity contribution in [3.63, 3.8) is 0 Å². The number of hydrogen-bond acceptors (Lipinski definition) is 6. The van der Waals surface area contributed by atoms with Crippen LogP contribution in [0.2, 0.25) is 19.6 Å². The third-order valence-corrected chi connectivity index (χ3v) is 8.40. The van der Waals surface area contributed by atoms with Crippen LogP contribution in [0, 0.1) is 0 Å². The predicted octanol–water partition coefficient (Wildman–Crippen LogP) is 5.01. The van der Waals surface area contributed by atoms with Gasteiger partial charge < -0.3 is 24.8 Å². The maximum Gasteiger partial charge on any atom is 0.407 e. The summed E-state index contributed by atoms with van der Waals surface area (Å²) in [7, 11) is -0.388. The number of rotatable bonds is 13. The molecular formula is C27H38N2O6Si. The van der Waals surface area contributed by atoms with E-state index in [1.54, 1.807) is 0 Å². The van der Waals surface area contributed by atoms with Crippen LogP contribution in [0.25, 0.3) is 0 Å². The van der Waals surface area contributed by atoms with Crippen molar-refractivity contribution in [2.75, 3.05) is 20.3 Å². The molecule has 0 saturated carbocycles. The minimum absolute atomic E-state index is 0.133. The van der Waals surface area contributed by atoms with Gasteiger partial charge in [0.1, 0.15) is 12.6 Å². The van der Waals surface area contributed by atoms with E-state index in [9.17, 15) is 14.4 Å². The van der Waals surface area contributed by atoms with Crippen LogP contribution >= 0.6 is 0 Å². The first-order valence-electron chi connectivity index (χ1n) is 12.2. The van der Waals surface area contributed by atoms with Crippen LogP contribution in [-0.4, -0.2) is 52.5 Å². The number of alkyl carbamates (subject to hydrolysis) is 2. The largest absolute Gasteiger partial charge is 0.467 e. The first-order valence-corrected chi connectivity index (χ1v) is 15.8. The van der Waals surface area contributed by atoms with Crippen molar-refractivity contribution in [2.45, 2.75) is 57.1 Å². The molecular weight excluding hydrogens is 476 g/mol. The van der Waals surface area contributed by atoms with Gasteiger partial charge in [0.05, 0.1) is 21.8 Å². The lowest BCUT2D eigenvalue weighted by atomic mass is 10.1. The summed E-state index contributed by atoms with van der Waals surface area (Å²) in [6.45, 7) is 7.53. The smallest absolute Gasteiger partial charge is 0.407 e. The molecule has 0 heterocycles. The molecule has 0 aliphatic carbocycles. The average Bonchev–Trinajstić information content (AvgIpc) is 2.86. The van der Waals surface area contributed by atoms with Crippen LogP contribution in [0.15, 0.2) is 60.7 Å². The number of esters is 1. The molecule has 2 atom stereocenters. The fourth-order valence-electron chi connectivity index (χ4n) is 3.70. The Kier molecular flexibility index (Phi) is 12.0. The number of methoxy groups -OCH3 is 1. The Hall–Kier alpha value is -3.33. The molecule has 8 nitrogen and oxygen atoms in total. The van der Waals surface area contributed by atoms with E-state index in [-0.39, 0.29) is 18.8 Å². The summed E-state index contributed by atoms with van der Waals surface area (Å²) in [4.78, 5) is 36.5. The molecule has 0 aliphatic heterocycles. The van der Waals surface area contributed by atoms with E-state index in [0.717, 1.165) is 11.1 Å². The van der Waals surface area contributed by atoms with E-state index < -0.39 is 32.3 Å². The molecule has 0 spiro atoms. The zero-order valence-electron chi connectivity index (χ0n) is 21.6. The second-order valence-electron chi connectivity index (χ2n) is 9.63. The summed E-state index contributed by atoms with van der Waals surface area (Å²) < 4.78 is 15.5. The van der Waals surface area contributed by atoms with Crippen molar-refractivity contribution in [1.29, 1.82) is 0 Å². The number of benzene rings is 2. The third-order valence-electron chi connectivity index (χ3n) is 5.81. The highest BCUT2D eigenvalue weighted by molar-refractivity contribution is 6.77. The van der Waals surface area contributed by atoms with Crippen LogP contribution in [0.1, 0.15) is 35.9 Å². The zero-order chi connectivity index (χ0) is 26.4. The highest BCUT2D eigenvalue weighted by atomic mass is 28.3. The summed E-state index contributed by atoms with van der Waals surface area (Å²) in [5, 5.41) is 5.32. The molecule has 0 saturated heterocycles. The maximum atomic E-state index is 12.5. The lowest BCUT2D eigenvalue weighted by Crippen LogP contribution is -2.43. The quantitative estimate of drug-likeness (QED) is 0.169. The second-order valence-corrected chi connectivity index (χ2v) is 15.1. The van der Waals surface area contributed by atoms with Gasteiger partial charge in [0, 0.05) is 12.1 Å². The van der Waals surface area contributed by atoms with Crippen LogP contribution in [0.4, 0.5) is 9.59 Å². The molecule has 0 aromatic heterocycles. The zero-order valence-corrected chi connectivity index (χ0v) is 22.6. The van der Waals surface area contributed by atoms with Gasteiger partial charge in [-0.3, -0.25) is 0 Å². The Balaban J connectivity index is 1.74. The first-order chi connectivity index (χ1) is 17.2. The molecule has 0 bridgehead atoms. The molecule has 2 amide bonds. The number of hydrogen-bond donors (Lipinski definition) is 2. The van der Waals surface area contributed by atoms with Gasteiger partial charge in [0.2, 0.25) is 0 Å². The van der Waals surface area contributed by atoms with Crippen molar-refractivity contribution in [3.8, 4) is 0 Å². The molecule has 2 aromatic carbocycles. The van der Waals surface area contributed by atoms with Crippen molar-refractivity contribution >= 4 is 26.2 Å². The van der Waals surface area contributed by atoms with Crippen LogP contribution < -0.4 is 10.6 Å². The summed E-state index contributed by atoms with van der Waals surface area (Å²) in [5.41, 5.74) is 2.18. The molecule has 0 radical (unpaired) electrons. The van der Waals surface area contributed by atoms with Crippen molar-refractivity contribution < 1.29 is 28.6 Å². The average molecular weight is 515 g/mol.